The van der Waals surface area contributed by atoms with E-state index in [9.17, 15) is 0 Å². The van der Waals surface area contributed by atoms with Gasteiger partial charge in [-0.25, -0.2) is 19.9 Å². The third-order valence-corrected chi connectivity index (χ3v) is 9.60. The summed E-state index contributed by atoms with van der Waals surface area (Å²) in [5.41, 5.74) is 7.27. The lowest BCUT2D eigenvalue weighted by atomic mass is 9.99. The van der Waals surface area contributed by atoms with Crippen molar-refractivity contribution in [1.82, 2.24) is 19.9 Å². The highest BCUT2D eigenvalue weighted by molar-refractivity contribution is 7.21. The van der Waals surface area contributed by atoms with Crippen molar-refractivity contribution in [3.05, 3.63) is 158 Å². The molecule has 7 aromatic carbocycles. The quantitative estimate of drug-likeness (QED) is 0.180. The molecule has 4 nitrogen and oxygen atoms in total. The molecule has 0 radical (unpaired) electrons. The second-order valence-corrected chi connectivity index (χ2v) is 12.5. The van der Waals surface area contributed by atoms with Gasteiger partial charge in [-0.3, -0.25) is 0 Å². The Morgan fingerprint density at radius 2 is 0.915 bits per heavy atom. The van der Waals surface area contributed by atoms with Crippen LogP contribution < -0.4 is 0 Å². The molecule has 9 rings (SSSR count). The standard InChI is InChI=1S/C42H26N4S/c1-4-11-27(12-5-1)31-17-10-18-33(25-31)40-44-39(29-13-6-2-7-14-29)45-41(46-40)34-21-23-35-32(26-34)20-19-28-22-24-36-38(37(28)35)43-42(47-36)30-15-8-3-9-16-30/h1-26H. The van der Waals surface area contributed by atoms with Crippen LogP contribution in [0.1, 0.15) is 0 Å². The average molecular weight is 619 g/mol. The number of hydrogen-bond donors (Lipinski definition) is 0. The van der Waals surface area contributed by atoms with Crippen LogP contribution in [-0.4, -0.2) is 19.9 Å². The number of aromatic nitrogens is 4. The van der Waals surface area contributed by atoms with Crippen LogP contribution in [0.5, 0.6) is 0 Å². The monoisotopic (exact) mass is 618 g/mol. The molecule has 2 aromatic heterocycles. The predicted molar refractivity (Wildman–Crippen MR) is 195 cm³/mol. The third-order valence-electron chi connectivity index (χ3n) is 8.53. The molecule has 47 heavy (non-hydrogen) atoms. The van der Waals surface area contributed by atoms with Crippen molar-refractivity contribution in [1.29, 1.82) is 0 Å². The van der Waals surface area contributed by atoms with E-state index in [1.807, 2.05) is 42.5 Å². The van der Waals surface area contributed by atoms with Crippen LogP contribution in [0, 0.1) is 0 Å². The van der Waals surface area contributed by atoms with E-state index in [4.69, 9.17) is 19.9 Å². The Morgan fingerprint density at radius 1 is 0.362 bits per heavy atom. The first-order chi connectivity index (χ1) is 23.3. The van der Waals surface area contributed by atoms with Crippen molar-refractivity contribution in [2.45, 2.75) is 0 Å². The topological polar surface area (TPSA) is 51.6 Å². The molecular formula is C42H26N4S. The summed E-state index contributed by atoms with van der Waals surface area (Å²) < 4.78 is 1.18. The Kier molecular flexibility index (Phi) is 6.61. The summed E-state index contributed by atoms with van der Waals surface area (Å²) in [5, 5.41) is 5.66. The zero-order chi connectivity index (χ0) is 31.2. The van der Waals surface area contributed by atoms with Gasteiger partial charge in [-0.05, 0) is 45.5 Å². The first-order valence-electron chi connectivity index (χ1n) is 15.6. The number of hydrogen-bond acceptors (Lipinski definition) is 5. The highest BCUT2D eigenvalue weighted by Crippen LogP contribution is 2.38. The van der Waals surface area contributed by atoms with Gasteiger partial charge in [0, 0.05) is 27.6 Å². The van der Waals surface area contributed by atoms with Crippen molar-refractivity contribution in [3.8, 4) is 55.9 Å². The normalized spacial score (nSPS) is 11.4. The lowest BCUT2D eigenvalue weighted by Gasteiger charge is -2.11. The zero-order valence-corrected chi connectivity index (χ0v) is 26.0. The lowest BCUT2D eigenvalue weighted by Crippen LogP contribution is -2.00. The van der Waals surface area contributed by atoms with Crippen molar-refractivity contribution in [2.24, 2.45) is 0 Å². The van der Waals surface area contributed by atoms with E-state index in [0.717, 1.165) is 54.7 Å². The van der Waals surface area contributed by atoms with Gasteiger partial charge in [0.05, 0.1) is 10.2 Å². The van der Waals surface area contributed by atoms with Gasteiger partial charge in [0.2, 0.25) is 0 Å². The minimum atomic E-state index is 0.638. The molecule has 0 saturated carbocycles. The SMILES string of the molecule is c1ccc(-c2cccc(-c3nc(-c4ccccc4)nc(-c4ccc5c(ccc6ccc7sc(-c8ccccc8)nc7c65)c4)n3)c2)cc1. The predicted octanol–water partition coefficient (Wildman–Crippen LogP) is 11.1. The molecule has 220 valence electrons. The van der Waals surface area contributed by atoms with Crippen LogP contribution >= 0.6 is 11.3 Å². The summed E-state index contributed by atoms with van der Waals surface area (Å²) in [4.78, 5) is 20.2. The summed E-state index contributed by atoms with van der Waals surface area (Å²) in [7, 11) is 0. The molecule has 2 heterocycles. The van der Waals surface area contributed by atoms with E-state index in [2.05, 4.69) is 115 Å². The largest absolute Gasteiger partial charge is 0.235 e. The highest BCUT2D eigenvalue weighted by atomic mass is 32.1. The molecule has 0 fully saturated rings. The van der Waals surface area contributed by atoms with E-state index in [1.54, 1.807) is 11.3 Å². The van der Waals surface area contributed by atoms with Gasteiger partial charge in [0.15, 0.2) is 17.5 Å². The number of thiazole rings is 1. The first kappa shape index (κ1) is 27.3. The van der Waals surface area contributed by atoms with Gasteiger partial charge < -0.3 is 0 Å². The van der Waals surface area contributed by atoms with Gasteiger partial charge in [0.1, 0.15) is 5.01 Å². The lowest BCUT2D eigenvalue weighted by molar-refractivity contribution is 1.07. The van der Waals surface area contributed by atoms with Crippen molar-refractivity contribution >= 4 is 43.1 Å². The van der Waals surface area contributed by atoms with Gasteiger partial charge in [0.25, 0.3) is 0 Å². The maximum Gasteiger partial charge on any atom is 0.164 e. The molecule has 0 atom stereocenters. The molecule has 0 aliphatic heterocycles. The number of rotatable bonds is 5. The summed E-state index contributed by atoms with van der Waals surface area (Å²) in [6.07, 6.45) is 0. The van der Waals surface area contributed by atoms with Gasteiger partial charge in [-0.1, -0.05) is 140 Å². The second-order valence-electron chi connectivity index (χ2n) is 11.5. The summed E-state index contributed by atoms with van der Waals surface area (Å²) in [6.45, 7) is 0. The van der Waals surface area contributed by atoms with Crippen molar-refractivity contribution in [2.75, 3.05) is 0 Å². The third kappa shape index (κ3) is 5.03. The molecule has 0 bridgehead atoms. The van der Waals surface area contributed by atoms with Crippen molar-refractivity contribution < 1.29 is 0 Å². The van der Waals surface area contributed by atoms with Gasteiger partial charge in [-0.15, -0.1) is 11.3 Å². The van der Waals surface area contributed by atoms with E-state index in [-0.39, 0.29) is 0 Å². The van der Waals surface area contributed by atoms with E-state index >= 15 is 0 Å². The fourth-order valence-electron chi connectivity index (χ4n) is 6.20. The van der Waals surface area contributed by atoms with Gasteiger partial charge >= 0.3 is 0 Å². The Hall–Kier alpha value is -6.04. The van der Waals surface area contributed by atoms with Crippen molar-refractivity contribution in [3.63, 3.8) is 0 Å². The Labute approximate surface area is 275 Å². The molecule has 0 saturated heterocycles. The smallest absolute Gasteiger partial charge is 0.164 e. The highest BCUT2D eigenvalue weighted by Gasteiger charge is 2.16. The van der Waals surface area contributed by atoms with E-state index < -0.39 is 0 Å². The number of nitrogens with zero attached hydrogens (tertiary/aromatic N) is 4. The first-order valence-corrected chi connectivity index (χ1v) is 16.4. The van der Waals surface area contributed by atoms with Crippen LogP contribution in [0.25, 0.3) is 87.6 Å². The maximum atomic E-state index is 5.15. The Balaban J connectivity index is 1.20. The average Bonchev–Trinajstić information content (AvgIpc) is 3.60. The summed E-state index contributed by atoms with van der Waals surface area (Å²) in [5.74, 6) is 1.93. The summed E-state index contributed by atoms with van der Waals surface area (Å²) in [6, 6.07) is 54.6. The number of fused-ring (bicyclic) bond motifs is 5. The maximum absolute atomic E-state index is 5.15. The van der Waals surface area contributed by atoms with Crippen LogP contribution in [0.15, 0.2) is 158 Å². The minimum absolute atomic E-state index is 0.638. The van der Waals surface area contributed by atoms with Gasteiger partial charge in [-0.2, -0.15) is 0 Å². The molecule has 0 aliphatic rings. The molecule has 0 N–H and O–H groups in total. The summed E-state index contributed by atoms with van der Waals surface area (Å²) >= 11 is 1.73. The molecule has 9 aromatic rings. The molecule has 0 aliphatic carbocycles. The fourth-order valence-corrected chi connectivity index (χ4v) is 7.18. The molecule has 0 unspecified atom stereocenters. The van der Waals surface area contributed by atoms with Crippen LogP contribution in [0.2, 0.25) is 0 Å². The molecule has 5 heteroatoms. The minimum Gasteiger partial charge on any atom is -0.235 e. The Morgan fingerprint density at radius 3 is 1.64 bits per heavy atom. The molecule has 0 amide bonds. The molecular weight excluding hydrogens is 593 g/mol. The fraction of sp³-hybridized carbons (Fsp3) is 0. The van der Waals surface area contributed by atoms with E-state index in [0.29, 0.717) is 17.5 Å². The van der Waals surface area contributed by atoms with Crippen LogP contribution in [0.4, 0.5) is 0 Å². The number of benzene rings is 7. The zero-order valence-electron chi connectivity index (χ0n) is 25.2. The second kappa shape index (κ2) is 11.4. The van der Waals surface area contributed by atoms with Crippen LogP contribution in [-0.2, 0) is 0 Å². The molecule has 0 spiro atoms. The van der Waals surface area contributed by atoms with Crippen LogP contribution in [0.3, 0.4) is 0 Å². The Bertz CT molecular complexity index is 2560. The van der Waals surface area contributed by atoms with E-state index in [1.165, 1.54) is 15.5 Å².